The van der Waals surface area contributed by atoms with Crippen LogP contribution in [0, 0.1) is 13.8 Å². The van der Waals surface area contributed by atoms with E-state index >= 15 is 0 Å². The van der Waals surface area contributed by atoms with Crippen molar-refractivity contribution in [1.82, 2.24) is 0 Å². The van der Waals surface area contributed by atoms with Crippen molar-refractivity contribution in [2.45, 2.75) is 18.7 Å². The molecule has 0 aromatic heterocycles. The number of aryl methyl sites for hydroxylation is 2. The first-order valence-corrected chi connectivity index (χ1v) is 8.66. The highest BCUT2D eigenvalue weighted by molar-refractivity contribution is 7.92. The van der Waals surface area contributed by atoms with E-state index in [2.05, 4.69) is 0 Å². The molecule has 0 atom stereocenters. The average Bonchev–Trinajstić information content (AvgIpc) is 2.55. The molecule has 0 radical (unpaired) electrons. The predicted octanol–water partition coefficient (Wildman–Crippen LogP) is 2.59. The maximum absolute atomic E-state index is 12.7. The van der Waals surface area contributed by atoms with Crippen molar-refractivity contribution >= 4 is 21.7 Å². The van der Waals surface area contributed by atoms with E-state index in [0.717, 1.165) is 11.1 Å². The first-order chi connectivity index (χ1) is 11.2. The Kier molecular flexibility index (Phi) is 5.14. The van der Waals surface area contributed by atoms with Crippen LogP contribution < -0.4 is 9.04 Å². The van der Waals surface area contributed by atoms with Crippen LogP contribution in [0.25, 0.3) is 0 Å². The fourth-order valence-electron chi connectivity index (χ4n) is 2.07. The molecule has 0 unspecified atom stereocenters. The molecule has 2 rings (SSSR count). The zero-order valence-corrected chi connectivity index (χ0v) is 14.5. The molecule has 0 aliphatic carbocycles. The molecule has 2 aromatic carbocycles. The first kappa shape index (κ1) is 17.8. The van der Waals surface area contributed by atoms with E-state index in [0.29, 0.717) is 11.4 Å². The van der Waals surface area contributed by atoms with E-state index in [9.17, 15) is 13.2 Å². The monoisotopic (exact) mass is 349 g/mol. The maximum atomic E-state index is 12.7. The van der Waals surface area contributed by atoms with Crippen molar-refractivity contribution in [2.75, 3.05) is 18.0 Å². The lowest BCUT2D eigenvalue weighted by Crippen LogP contribution is -2.26. The smallest absolute Gasteiger partial charge is 0.341 e. The van der Waals surface area contributed by atoms with Crippen molar-refractivity contribution in [1.29, 1.82) is 0 Å². The number of hydrogen-bond acceptors (Lipinski definition) is 4. The van der Waals surface area contributed by atoms with E-state index in [1.165, 1.54) is 23.5 Å². The van der Waals surface area contributed by atoms with Crippen LogP contribution in [0.1, 0.15) is 11.1 Å². The van der Waals surface area contributed by atoms with E-state index in [1.54, 1.807) is 30.3 Å². The molecule has 0 aliphatic heterocycles. The van der Waals surface area contributed by atoms with Gasteiger partial charge in [0.2, 0.25) is 0 Å². The van der Waals surface area contributed by atoms with Gasteiger partial charge in [0.15, 0.2) is 6.61 Å². The Morgan fingerprint density at radius 1 is 1.08 bits per heavy atom. The van der Waals surface area contributed by atoms with Gasteiger partial charge in [-0.1, -0.05) is 6.07 Å². The summed E-state index contributed by atoms with van der Waals surface area (Å²) in [5.41, 5.74) is 2.38. The van der Waals surface area contributed by atoms with Crippen LogP contribution in [-0.4, -0.2) is 33.1 Å². The Labute approximate surface area is 141 Å². The van der Waals surface area contributed by atoms with Crippen LogP contribution in [-0.2, 0) is 14.8 Å². The Balaban J connectivity index is 2.24. The zero-order valence-electron chi connectivity index (χ0n) is 13.7. The van der Waals surface area contributed by atoms with Gasteiger partial charge in [-0.15, -0.1) is 0 Å². The second-order valence-corrected chi connectivity index (χ2v) is 7.36. The third kappa shape index (κ3) is 3.86. The maximum Gasteiger partial charge on any atom is 0.341 e. The van der Waals surface area contributed by atoms with Crippen LogP contribution >= 0.6 is 0 Å². The molecule has 0 fully saturated rings. The number of aliphatic carboxylic acids is 1. The quantitative estimate of drug-likeness (QED) is 0.866. The highest BCUT2D eigenvalue weighted by atomic mass is 32.2. The van der Waals surface area contributed by atoms with Gasteiger partial charge in [-0.05, 0) is 61.4 Å². The van der Waals surface area contributed by atoms with Gasteiger partial charge in [0, 0.05) is 7.05 Å². The van der Waals surface area contributed by atoms with E-state index < -0.39 is 22.6 Å². The Morgan fingerprint density at radius 3 is 2.25 bits per heavy atom. The Bertz CT molecular complexity index is 844. The lowest BCUT2D eigenvalue weighted by atomic mass is 10.1. The number of carboxylic acids is 1. The number of ether oxygens (including phenoxy) is 1. The number of anilines is 1. The number of benzene rings is 2. The average molecular weight is 349 g/mol. The largest absolute Gasteiger partial charge is 0.482 e. The zero-order chi connectivity index (χ0) is 17.9. The Morgan fingerprint density at radius 2 is 1.71 bits per heavy atom. The summed E-state index contributed by atoms with van der Waals surface area (Å²) in [6.07, 6.45) is 0. The standard InChI is InChI=1S/C17H19NO5S/c1-12-4-9-16(10-13(12)2)24(21,22)18(3)14-5-7-15(8-6-14)23-11-17(19)20/h4-10H,11H2,1-3H3,(H,19,20). The molecular weight excluding hydrogens is 330 g/mol. The van der Waals surface area contributed by atoms with Gasteiger partial charge in [-0.25, -0.2) is 13.2 Å². The normalized spacial score (nSPS) is 11.1. The SMILES string of the molecule is Cc1ccc(S(=O)(=O)N(C)c2ccc(OCC(=O)O)cc2)cc1C. The molecule has 6 nitrogen and oxygen atoms in total. The topological polar surface area (TPSA) is 83.9 Å². The van der Waals surface area contributed by atoms with E-state index in [4.69, 9.17) is 9.84 Å². The molecule has 0 aliphatic rings. The molecular formula is C17H19NO5S. The molecule has 0 saturated carbocycles. The summed E-state index contributed by atoms with van der Waals surface area (Å²) in [5, 5.41) is 8.58. The fraction of sp³-hybridized carbons (Fsp3) is 0.235. The third-order valence-electron chi connectivity index (χ3n) is 3.70. The molecule has 0 heterocycles. The summed E-state index contributed by atoms with van der Waals surface area (Å²) in [4.78, 5) is 10.7. The summed E-state index contributed by atoms with van der Waals surface area (Å²) in [5.74, 6) is -0.716. The van der Waals surface area contributed by atoms with Gasteiger partial charge in [-0.2, -0.15) is 0 Å². The van der Waals surface area contributed by atoms with Crippen molar-refractivity contribution in [2.24, 2.45) is 0 Å². The third-order valence-corrected chi connectivity index (χ3v) is 5.48. The second-order valence-electron chi connectivity index (χ2n) is 5.39. The summed E-state index contributed by atoms with van der Waals surface area (Å²) in [7, 11) is -2.20. The number of nitrogens with zero attached hydrogens (tertiary/aromatic N) is 1. The Hall–Kier alpha value is -2.54. The highest BCUT2D eigenvalue weighted by Gasteiger charge is 2.21. The number of hydrogen-bond donors (Lipinski definition) is 1. The van der Waals surface area contributed by atoms with Gasteiger partial charge in [0.1, 0.15) is 5.75 Å². The van der Waals surface area contributed by atoms with Crippen LogP contribution in [0.4, 0.5) is 5.69 Å². The molecule has 2 aromatic rings. The lowest BCUT2D eigenvalue weighted by molar-refractivity contribution is -0.139. The molecule has 0 spiro atoms. The first-order valence-electron chi connectivity index (χ1n) is 7.22. The summed E-state index contributed by atoms with van der Waals surface area (Å²) in [6, 6.07) is 11.2. The number of rotatable bonds is 6. The van der Waals surface area contributed by atoms with E-state index in [-0.39, 0.29) is 4.90 Å². The summed E-state index contributed by atoms with van der Waals surface area (Å²) >= 11 is 0. The van der Waals surface area contributed by atoms with E-state index in [1.807, 2.05) is 13.8 Å². The molecule has 128 valence electrons. The fourth-order valence-corrected chi connectivity index (χ4v) is 3.35. The minimum atomic E-state index is -3.67. The highest BCUT2D eigenvalue weighted by Crippen LogP contribution is 2.25. The lowest BCUT2D eigenvalue weighted by Gasteiger charge is -2.20. The van der Waals surface area contributed by atoms with Gasteiger partial charge in [-0.3, -0.25) is 4.31 Å². The number of carboxylic acid groups (broad SMARTS) is 1. The molecule has 7 heteroatoms. The minimum Gasteiger partial charge on any atom is -0.482 e. The van der Waals surface area contributed by atoms with Crippen LogP contribution in [0.5, 0.6) is 5.75 Å². The van der Waals surface area contributed by atoms with Crippen molar-refractivity contribution in [3.05, 3.63) is 53.6 Å². The van der Waals surface area contributed by atoms with Crippen LogP contribution in [0.15, 0.2) is 47.4 Å². The van der Waals surface area contributed by atoms with Crippen LogP contribution in [0.2, 0.25) is 0 Å². The molecule has 24 heavy (non-hydrogen) atoms. The van der Waals surface area contributed by atoms with Crippen molar-refractivity contribution in [3.8, 4) is 5.75 Å². The second kappa shape index (κ2) is 6.92. The molecule has 0 bridgehead atoms. The number of carbonyl (C=O) groups is 1. The summed E-state index contributed by atoms with van der Waals surface area (Å²) < 4.78 is 31.6. The molecule has 0 amide bonds. The summed E-state index contributed by atoms with van der Waals surface area (Å²) in [6.45, 7) is 3.34. The molecule has 1 N–H and O–H groups in total. The van der Waals surface area contributed by atoms with Gasteiger partial charge in [0.25, 0.3) is 10.0 Å². The van der Waals surface area contributed by atoms with Crippen molar-refractivity contribution < 1.29 is 23.1 Å². The predicted molar refractivity (Wildman–Crippen MR) is 91.1 cm³/mol. The van der Waals surface area contributed by atoms with Gasteiger partial charge >= 0.3 is 5.97 Å². The molecule has 0 saturated heterocycles. The van der Waals surface area contributed by atoms with Gasteiger partial charge < -0.3 is 9.84 Å². The van der Waals surface area contributed by atoms with Gasteiger partial charge in [0.05, 0.1) is 10.6 Å². The van der Waals surface area contributed by atoms with Crippen molar-refractivity contribution in [3.63, 3.8) is 0 Å². The number of sulfonamides is 1. The van der Waals surface area contributed by atoms with Crippen LogP contribution in [0.3, 0.4) is 0 Å². The minimum absolute atomic E-state index is 0.222.